The fourth-order valence-corrected chi connectivity index (χ4v) is 5.98. The minimum Gasteiger partial charge on any atom is -0.135 e. The molecule has 6 aromatic rings. The predicted octanol–water partition coefficient (Wildman–Crippen LogP) is 8.52. The van der Waals surface area contributed by atoms with E-state index in [4.69, 9.17) is 0 Å². The summed E-state index contributed by atoms with van der Waals surface area (Å²) in [4.78, 5) is 0. The average molecular weight is 385 g/mol. The van der Waals surface area contributed by atoms with E-state index in [0.717, 1.165) is 0 Å². The van der Waals surface area contributed by atoms with Crippen LogP contribution < -0.4 is 0 Å². The van der Waals surface area contributed by atoms with E-state index >= 15 is 0 Å². The van der Waals surface area contributed by atoms with Gasteiger partial charge in [-0.2, -0.15) is 0 Å². The molecule has 0 radical (unpaired) electrons. The van der Waals surface area contributed by atoms with Crippen molar-refractivity contribution in [3.63, 3.8) is 0 Å². The third-order valence-corrected chi connectivity index (χ3v) is 7.35. The van der Waals surface area contributed by atoms with Gasteiger partial charge in [0.25, 0.3) is 0 Å². The lowest BCUT2D eigenvalue weighted by atomic mass is 9.95. The van der Waals surface area contributed by atoms with Crippen LogP contribution in [0.15, 0.2) is 97.1 Å². The Labute approximate surface area is 172 Å². The van der Waals surface area contributed by atoms with E-state index in [0.29, 0.717) is 0 Å². The van der Waals surface area contributed by atoms with Gasteiger partial charge >= 0.3 is 0 Å². The molecule has 0 amide bonds. The Kier molecular flexibility index (Phi) is 2.97. The molecule has 0 N–H and O–H groups in total. The van der Waals surface area contributed by atoms with Crippen LogP contribution in [-0.4, -0.2) is 0 Å². The maximum atomic E-state index is 2.38. The topological polar surface area (TPSA) is 0 Å². The highest BCUT2D eigenvalue weighted by molar-refractivity contribution is 7.25. The second-order valence-corrected chi connectivity index (χ2v) is 8.87. The summed E-state index contributed by atoms with van der Waals surface area (Å²) in [5.41, 5.74) is 8.00. The van der Waals surface area contributed by atoms with Gasteiger partial charge in [-0.05, 0) is 74.5 Å². The molecule has 0 atom stereocenters. The number of rotatable bonds is 1. The van der Waals surface area contributed by atoms with Gasteiger partial charge in [-0.25, -0.2) is 0 Å². The second kappa shape index (κ2) is 5.56. The molecule has 1 aliphatic carbocycles. The largest absolute Gasteiger partial charge is 0.135 e. The van der Waals surface area contributed by atoms with Gasteiger partial charge in [-0.1, -0.05) is 66.7 Å². The summed E-state index contributed by atoms with van der Waals surface area (Å²) >= 11 is 1.87. The zero-order chi connectivity index (χ0) is 18.9. The van der Waals surface area contributed by atoms with Gasteiger partial charge in [0.05, 0.1) is 0 Å². The van der Waals surface area contributed by atoms with Crippen molar-refractivity contribution in [2.75, 3.05) is 0 Å². The molecule has 0 saturated heterocycles. The molecule has 1 aliphatic rings. The Morgan fingerprint density at radius 2 is 1.21 bits per heavy atom. The van der Waals surface area contributed by atoms with Crippen molar-refractivity contribution in [1.29, 1.82) is 0 Å². The van der Waals surface area contributed by atoms with Crippen LogP contribution in [0.4, 0.5) is 0 Å². The van der Waals surface area contributed by atoms with E-state index in [1.54, 1.807) is 0 Å². The second-order valence-electron chi connectivity index (χ2n) is 7.78. The van der Waals surface area contributed by atoms with Gasteiger partial charge in [0.1, 0.15) is 0 Å². The molecule has 0 fully saturated rings. The van der Waals surface area contributed by atoms with E-state index in [1.165, 1.54) is 64.3 Å². The highest BCUT2D eigenvalue weighted by atomic mass is 32.1. The van der Waals surface area contributed by atoms with Crippen molar-refractivity contribution in [1.82, 2.24) is 0 Å². The highest BCUT2D eigenvalue weighted by Gasteiger charge is 2.21. The minimum absolute atomic E-state index is 1.29. The average Bonchev–Trinajstić information content (AvgIpc) is 3.31. The maximum Gasteiger partial charge on any atom is 0.0355 e. The van der Waals surface area contributed by atoms with Crippen LogP contribution in [0.2, 0.25) is 0 Å². The molecular formula is C28H16S. The van der Waals surface area contributed by atoms with Gasteiger partial charge in [-0.3, -0.25) is 0 Å². The molecule has 0 bridgehead atoms. The van der Waals surface area contributed by atoms with E-state index < -0.39 is 0 Å². The van der Waals surface area contributed by atoms with Crippen molar-refractivity contribution in [2.24, 2.45) is 0 Å². The molecule has 0 aliphatic heterocycles. The molecule has 1 heterocycles. The van der Waals surface area contributed by atoms with Gasteiger partial charge in [0.15, 0.2) is 0 Å². The molecule has 0 nitrogen and oxygen atoms in total. The molecule has 0 saturated carbocycles. The monoisotopic (exact) mass is 384 g/mol. The van der Waals surface area contributed by atoms with Crippen molar-refractivity contribution in [3.8, 4) is 33.4 Å². The van der Waals surface area contributed by atoms with Crippen molar-refractivity contribution in [2.45, 2.75) is 0 Å². The highest BCUT2D eigenvalue weighted by Crippen LogP contribution is 2.48. The lowest BCUT2D eigenvalue weighted by molar-refractivity contribution is 1.68. The number of hydrogen-bond donors (Lipinski definition) is 0. The molecular weight excluding hydrogens is 368 g/mol. The summed E-state index contributed by atoms with van der Waals surface area (Å²) in [6.07, 6.45) is 0. The van der Waals surface area contributed by atoms with E-state index in [2.05, 4.69) is 97.1 Å². The lowest BCUT2D eigenvalue weighted by Crippen LogP contribution is -1.82. The molecule has 1 aromatic heterocycles. The first-order valence-corrected chi connectivity index (χ1v) is 10.8. The number of fused-ring (bicyclic) bond motifs is 6. The Hall–Kier alpha value is -3.42. The first-order chi connectivity index (χ1) is 14.4. The molecule has 1 heteroatoms. The first kappa shape index (κ1) is 15.5. The van der Waals surface area contributed by atoms with Crippen LogP contribution in [0.1, 0.15) is 0 Å². The van der Waals surface area contributed by atoms with Gasteiger partial charge in [-0.15, -0.1) is 11.3 Å². The van der Waals surface area contributed by atoms with Crippen LogP contribution in [0, 0.1) is 0 Å². The molecule has 134 valence electrons. The summed E-state index contributed by atoms with van der Waals surface area (Å²) in [5.74, 6) is 0. The molecule has 7 rings (SSSR count). The summed E-state index contributed by atoms with van der Waals surface area (Å²) < 4.78 is 2.71. The van der Waals surface area contributed by atoms with Crippen LogP contribution in [0.5, 0.6) is 0 Å². The smallest absolute Gasteiger partial charge is 0.0355 e. The van der Waals surface area contributed by atoms with E-state index in [9.17, 15) is 0 Å². The molecule has 0 unspecified atom stereocenters. The first-order valence-electron chi connectivity index (χ1n) is 9.95. The zero-order valence-electron chi connectivity index (χ0n) is 15.6. The van der Waals surface area contributed by atoms with Crippen LogP contribution >= 0.6 is 11.3 Å². The van der Waals surface area contributed by atoms with Gasteiger partial charge in [0, 0.05) is 20.2 Å². The summed E-state index contributed by atoms with van der Waals surface area (Å²) in [5, 5.41) is 5.42. The Morgan fingerprint density at radius 3 is 2.14 bits per heavy atom. The third-order valence-electron chi connectivity index (χ3n) is 6.19. The number of benzene rings is 5. The predicted molar refractivity (Wildman–Crippen MR) is 127 cm³/mol. The SMILES string of the molecule is c1ccc2c(c1)-c1cccc3cc(-c4ccc5sc6ccccc6c5c4)cc-2c13. The van der Waals surface area contributed by atoms with Crippen molar-refractivity contribution < 1.29 is 0 Å². The molecule has 5 aromatic carbocycles. The van der Waals surface area contributed by atoms with Crippen molar-refractivity contribution in [3.05, 3.63) is 97.1 Å². The van der Waals surface area contributed by atoms with E-state index in [-0.39, 0.29) is 0 Å². The van der Waals surface area contributed by atoms with Gasteiger partial charge < -0.3 is 0 Å². The fraction of sp³-hybridized carbons (Fsp3) is 0. The summed E-state index contributed by atoms with van der Waals surface area (Å²) in [6.45, 7) is 0. The lowest BCUT2D eigenvalue weighted by Gasteiger charge is -2.08. The standard InChI is InChI=1S/C28H16S/c1-2-8-21-20(7-1)23-10-5-6-18-14-19(16-25(21)28(18)23)17-12-13-27-24(15-17)22-9-3-4-11-26(22)29-27/h1-16H. The fourth-order valence-electron chi connectivity index (χ4n) is 4.89. The summed E-state index contributed by atoms with van der Waals surface area (Å²) in [6, 6.07) is 35.8. The van der Waals surface area contributed by atoms with Crippen LogP contribution in [0.3, 0.4) is 0 Å². The third kappa shape index (κ3) is 2.08. The van der Waals surface area contributed by atoms with Crippen LogP contribution in [0.25, 0.3) is 64.3 Å². The Balaban J connectivity index is 1.53. The van der Waals surface area contributed by atoms with Gasteiger partial charge in [0.2, 0.25) is 0 Å². The Morgan fingerprint density at radius 1 is 0.448 bits per heavy atom. The normalized spacial score (nSPS) is 12.1. The van der Waals surface area contributed by atoms with Crippen LogP contribution in [-0.2, 0) is 0 Å². The number of thiophene rings is 1. The van der Waals surface area contributed by atoms with Crippen molar-refractivity contribution >= 4 is 42.3 Å². The minimum atomic E-state index is 1.29. The molecule has 0 spiro atoms. The zero-order valence-corrected chi connectivity index (χ0v) is 16.5. The summed E-state index contributed by atoms with van der Waals surface area (Å²) in [7, 11) is 0. The maximum absolute atomic E-state index is 2.38. The molecule has 29 heavy (non-hydrogen) atoms. The van der Waals surface area contributed by atoms with E-state index in [1.807, 2.05) is 11.3 Å². The number of hydrogen-bond acceptors (Lipinski definition) is 1. The Bertz CT molecular complexity index is 1600. The quantitative estimate of drug-likeness (QED) is 0.266.